The summed E-state index contributed by atoms with van der Waals surface area (Å²) in [5, 5.41) is 3.30. The van der Waals surface area contributed by atoms with Gasteiger partial charge in [0.25, 0.3) is 0 Å². The van der Waals surface area contributed by atoms with Gasteiger partial charge in [0.1, 0.15) is 12.4 Å². The number of carbonyl (C=O) groups is 1. The lowest BCUT2D eigenvalue weighted by molar-refractivity contribution is -0.154. The Hall–Kier alpha value is -2.68. The Morgan fingerprint density at radius 1 is 1.24 bits per heavy atom. The Bertz CT molecular complexity index is 1170. The van der Waals surface area contributed by atoms with E-state index in [0.717, 1.165) is 11.1 Å². The number of nitrogens with one attached hydrogen (secondary N) is 2. The van der Waals surface area contributed by atoms with Gasteiger partial charge in [0, 0.05) is 5.56 Å². The molecule has 2 aromatic carbocycles. The largest absolute Gasteiger partial charge is 0.462 e. The second-order valence-electron chi connectivity index (χ2n) is 9.31. The molecule has 1 atom stereocenters. The first-order chi connectivity index (χ1) is 15.6. The molecular formula is C24H27ClFN3O4. The predicted molar refractivity (Wildman–Crippen MR) is 124 cm³/mol. The highest BCUT2D eigenvalue weighted by molar-refractivity contribution is 6.30. The zero-order valence-corrected chi connectivity index (χ0v) is 19.8. The standard InChI is InChI=1S/C24H27ClFN3O4/c1-23(2,3)21(30)33-13-24(4,14-8-9-17(26)16(25)12-14)29-22-27-18-7-5-6-15(19(18)28-22)20-31-10-11-32-20/h5-9,12,20H,10-11,13H2,1-4H3,(H2,27,28,29). The number of esters is 1. The maximum atomic E-state index is 13.8. The summed E-state index contributed by atoms with van der Waals surface area (Å²) in [6.45, 7) is 8.21. The van der Waals surface area contributed by atoms with Gasteiger partial charge in [-0.15, -0.1) is 0 Å². The highest BCUT2D eigenvalue weighted by atomic mass is 35.5. The van der Waals surface area contributed by atoms with Crippen molar-refractivity contribution in [3.8, 4) is 0 Å². The van der Waals surface area contributed by atoms with Crippen LogP contribution in [-0.2, 0) is 24.5 Å². The van der Waals surface area contributed by atoms with Crippen molar-refractivity contribution in [1.29, 1.82) is 0 Å². The summed E-state index contributed by atoms with van der Waals surface area (Å²) >= 11 is 6.05. The number of ether oxygens (including phenoxy) is 3. The SMILES string of the molecule is CC(C)(C)C(=O)OCC(C)(Nc1nc2c(C3OCCO3)cccc2[nH]1)c1ccc(F)c(Cl)c1. The van der Waals surface area contributed by atoms with Crippen molar-refractivity contribution in [2.24, 2.45) is 5.41 Å². The molecule has 33 heavy (non-hydrogen) atoms. The van der Waals surface area contributed by atoms with E-state index in [-0.39, 0.29) is 17.6 Å². The number of nitrogens with zero attached hydrogens (tertiary/aromatic N) is 1. The van der Waals surface area contributed by atoms with Crippen LogP contribution in [-0.4, -0.2) is 35.8 Å². The van der Waals surface area contributed by atoms with E-state index >= 15 is 0 Å². The summed E-state index contributed by atoms with van der Waals surface area (Å²) in [7, 11) is 0. The molecule has 2 heterocycles. The van der Waals surface area contributed by atoms with Gasteiger partial charge in [0.15, 0.2) is 6.29 Å². The van der Waals surface area contributed by atoms with Crippen LogP contribution in [0.2, 0.25) is 5.02 Å². The fourth-order valence-electron chi connectivity index (χ4n) is 3.56. The smallest absolute Gasteiger partial charge is 0.311 e. The number of aromatic nitrogens is 2. The average molecular weight is 476 g/mol. The van der Waals surface area contributed by atoms with Crippen LogP contribution in [0, 0.1) is 11.2 Å². The summed E-state index contributed by atoms with van der Waals surface area (Å²) < 4.78 is 30.8. The van der Waals surface area contributed by atoms with Crippen molar-refractivity contribution in [3.05, 3.63) is 58.4 Å². The number of para-hydroxylation sites is 1. The molecule has 4 rings (SSSR count). The van der Waals surface area contributed by atoms with Crippen LogP contribution in [0.1, 0.15) is 45.1 Å². The minimum absolute atomic E-state index is 0.0231. The van der Waals surface area contributed by atoms with Crippen molar-refractivity contribution in [2.45, 2.75) is 39.5 Å². The molecule has 1 aliphatic heterocycles. The van der Waals surface area contributed by atoms with Crippen molar-refractivity contribution in [2.75, 3.05) is 25.1 Å². The van der Waals surface area contributed by atoms with Gasteiger partial charge < -0.3 is 24.5 Å². The molecule has 0 spiro atoms. The van der Waals surface area contributed by atoms with Crippen LogP contribution >= 0.6 is 11.6 Å². The van der Waals surface area contributed by atoms with E-state index in [9.17, 15) is 9.18 Å². The van der Waals surface area contributed by atoms with Crippen LogP contribution in [0.3, 0.4) is 0 Å². The number of fused-ring (bicyclic) bond motifs is 1. The van der Waals surface area contributed by atoms with Gasteiger partial charge in [-0.05, 0) is 51.5 Å². The highest BCUT2D eigenvalue weighted by Gasteiger charge is 2.33. The van der Waals surface area contributed by atoms with Gasteiger partial charge in [-0.25, -0.2) is 9.37 Å². The second-order valence-corrected chi connectivity index (χ2v) is 9.72. The Morgan fingerprint density at radius 2 is 1.97 bits per heavy atom. The van der Waals surface area contributed by atoms with Gasteiger partial charge in [0.05, 0.1) is 40.2 Å². The van der Waals surface area contributed by atoms with Gasteiger partial charge in [-0.3, -0.25) is 4.79 Å². The zero-order chi connectivity index (χ0) is 23.8. The first-order valence-corrected chi connectivity index (χ1v) is 11.1. The molecule has 9 heteroatoms. The number of hydrogen-bond acceptors (Lipinski definition) is 6. The number of rotatable bonds is 6. The minimum atomic E-state index is -0.952. The molecule has 1 aliphatic rings. The molecule has 1 aromatic heterocycles. The molecule has 3 aromatic rings. The van der Waals surface area contributed by atoms with Crippen molar-refractivity contribution >= 4 is 34.6 Å². The van der Waals surface area contributed by atoms with Gasteiger partial charge in [-0.2, -0.15) is 0 Å². The normalized spacial score (nSPS) is 16.7. The molecule has 2 N–H and O–H groups in total. The summed E-state index contributed by atoms with van der Waals surface area (Å²) in [5.74, 6) is -0.434. The molecule has 0 radical (unpaired) electrons. The van der Waals surface area contributed by atoms with E-state index < -0.39 is 23.1 Å². The van der Waals surface area contributed by atoms with Gasteiger partial charge in [0.2, 0.25) is 5.95 Å². The first kappa shape index (κ1) is 23.5. The van der Waals surface area contributed by atoms with Crippen LogP contribution in [0.15, 0.2) is 36.4 Å². The monoisotopic (exact) mass is 475 g/mol. The molecule has 1 unspecified atom stereocenters. The molecule has 1 saturated heterocycles. The number of aromatic amines is 1. The van der Waals surface area contributed by atoms with Gasteiger partial charge >= 0.3 is 5.97 Å². The van der Waals surface area contributed by atoms with E-state index in [0.29, 0.717) is 30.2 Å². The number of benzene rings is 2. The molecule has 0 amide bonds. The van der Waals surface area contributed by atoms with Crippen LogP contribution in [0.25, 0.3) is 11.0 Å². The lowest BCUT2D eigenvalue weighted by atomic mass is 9.92. The van der Waals surface area contributed by atoms with Crippen molar-refractivity contribution in [3.63, 3.8) is 0 Å². The third-order valence-electron chi connectivity index (χ3n) is 5.47. The Morgan fingerprint density at radius 3 is 2.64 bits per heavy atom. The van der Waals surface area contributed by atoms with Crippen LogP contribution in [0.5, 0.6) is 0 Å². The third-order valence-corrected chi connectivity index (χ3v) is 5.76. The van der Waals surface area contributed by atoms with Crippen molar-refractivity contribution in [1.82, 2.24) is 9.97 Å². The molecule has 0 saturated carbocycles. The molecule has 1 fully saturated rings. The fourth-order valence-corrected chi connectivity index (χ4v) is 3.74. The first-order valence-electron chi connectivity index (χ1n) is 10.7. The van der Waals surface area contributed by atoms with Crippen LogP contribution < -0.4 is 5.32 Å². The van der Waals surface area contributed by atoms with Crippen LogP contribution in [0.4, 0.5) is 10.3 Å². The summed E-state index contributed by atoms with van der Waals surface area (Å²) in [6.07, 6.45) is -0.472. The summed E-state index contributed by atoms with van der Waals surface area (Å²) in [4.78, 5) is 20.4. The number of anilines is 1. The number of halogens is 2. The number of imidazole rings is 1. The quantitative estimate of drug-likeness (QED) is 0.469. The van der Waals surface area contributed by atoms with E-state index in [1.165, 1.54) is 12.1 Å². The van der Waals surface area contributed by atoms with Crippen molar-refractivity contribution < 1.29 is 23.4 Å². The van der Waals surface area contributed by atoms with E-state index in [1.807, 2.05) is 25.1 Å². The molecule has 0 bridgehead atoms. The minimum Gasteiger partial charge on any atom is -0.462 e. The third kappa shape index (κ3) is 4.98. The average Bonchev–Trinajstić information content (AvgIpc) is 3.42. The Labute approximate surface area is 196 Å². The molecule has 7 nitrogen and oxygen atoms in total. The Balaban J connectivity index is 1.68. The summed E-state index contributed by atoms with van der Waals surface area (Å²) in [5.41, 5.74) is 1.33. The zero-order valence-electron chi connectivity index (χ0n) is 19.0. The maximum Gasteiger partial charge on any atom is 0.311 e. The number of carbonyl (C=O) groups excluding carboxylic acids is 1. The molecule has 176 valence electrons. The summed E-state index contributed by atoms with van der Waals surface area (Å²) in [6, 6.07) is 10.1. The van der Waals surface area contributed by atoms with Gasteiger partial charge in [-0.1, -0.05) is 29.8 Å². The lowest BCUT2D eigenvalue weighted by Gasteiger charge is -2.32. The maximum absolute atomic E-state index is 13.8. The highest BCUT2D eigenvalue weighted by Crippen LogP contribution is 2.33. The molecular weight excluding hydrogens is 449 g/mol. The van der Waals surface area contributed by atoms with E-state index in [4.69, 9.17) is 30.8 Å². The molecule has 0 aliphatic carbocycles. The Kier molecular flexibility index (Phi) is 6.35. The van der Waals surface area contributed by atoms with E-state index in [1.54, 1.807) is 26.8 Å². The van der Waals surface area contributed by atoms with E-state index in [2.05, 4.69) is 10.3 Å². The number of hydrogen-bond donors (Lipinski definition) is 2. The lowest BCUT2D eigenvalue weighted by Crippen LogP contribution is -2.40. The fraction of sp³-hybridized carbons (Fsp3) is 0.417. The number of H-pyrrole nitrogens is 1. The second kappa shape index (κ2) is 8.93. The topological polar surface area (TPSA) is 85.5 Å². The predicted octanol–water partition coefficient (Wildman–Crippen LogP) is 5.32.